The van der Waals surface area contributed by atoms with Gasteiger partial charge in [0.05, 0.1) is 6.61 Å². The first kappa shape index (κ1) is 18.7. The molecule has 132 valence electrons. The van der Waals surface area contributed by atoms with E-state index in [4.69, 9.17) is 17.0 Å². The fourth-order valence-electron chi connectivity index (χ4n) is 2.70. The Hall–Kier alpha value is -1.62. The van der Waals surface area contributed by atoms with Crippen LogP contribution >= 0.6 is 12.2 Å². The second-order valence-electron chi connectivity index (χ2n) is 6.51. The molecule has 4 nitrogen and oxygen atoms in total. The highest BCUT2D eigenvalue weighted by Gasteiger charge is 2.19. The third-order valence-corrected chi connectivity index (χ3v) is 4.78. The van der Waals surface area contributed by atoms with Crippen LogP contribution in [0.2, 0.25) is 0 Å². The third-order valence-electron chi connectivity index (χ3n) is 4.42. The minimum Gasteiger partial charge on any atom is -0.494 e. The normalized spacial score (nSPS) is 15.2. The molecule has 2 rings (SSSR count). The molecule has 0 aromatic heterocycles. The maximum Gasteiger partial charge on any atom is 0.257 e. The van der Waals surface area contributed by atoms with Crippen molar-refractivity contribution >= 4 is 23.2 Å². The molecule has 1 N–H and O–H groups in total. The Balaban J connectivity index is 1.80. The van der Waals surface area contributed by atoms with Crippen LogP contribution in [0.15, 0.2) is 24.3 Å². The lowest BCUT2D eigenvalue weighted by molar-refractivity contribution is 0.0972. The summed E-state index contributed by atoms with van der Waals surface area (Å²) in [6.07, 6.45) is 5.66. The summed E-state index contributed by atoms with van der Waals surface area (Å²) >= 11 is 5.37. The molecular formula is C19H28N2O2S. The van der Waals surface area contributed by atoms with Gasteiger partial charge in [-0.1, -0.05) is 26.7 Å². The number of carbonyl (C=O) groups excluding carboxylic acids is 1. The SMILES string of the molecule is CCCCCOc1ccc(C(=O)NC(=S)N2CCC(C)CC2)cc1. The number of unbranched alkanes of at least 4 members (excludes halogenated alkanes) is 2. The number of carbonyl (C=O) groups is 1. The van der Waals surface area contributed by atoms with Crippen molar-refractivity contribution in [2.45, 2.75) is 46.0 Å². The fourth-order valence-corrected chi connectivity index (χ4v) is 2.98. The maximum atomic E-state index is 12.3. The van der Waals surface area contributed by atoms with E-state index in [1.165, 1.54) is 12.8 Å². The van der Waals surface area contributed by atoms with E-state index in [9.17, 15) is 4.79 Å². The van der Waals surface area contributed by atoms with Gasteiger partial charge in [-0.2, -0.15) is 0 Å². The number of hydrogen-bond acceptors (Lipinski definition) is 3. The zero-order valence-electron chi connectivity index (χ0n) is 14.7. The standard InChI is InChI=1S/C19H28N2O2S/c1-3-4-5-14-23-17-8-6-16(7-9-17)18(22)20-19(24)21-12-10-15(2)11-13-21/h6-9,15H,3-5,10-14H2,1-2H3,(H,20,22,24). The monoisotopic (exact) mass is 348 g/mol. The van der Waals surface area contributed by atoms with Crippen LogP contribution in [0.5, 0.6) is 5.75 Å². The molecule has 1 aliphatic heterocycles. The number of rotatable bonds is 6. The average molecular weight is 349 g/mol. The molecule has 0 saturated carbocycles. The van der Waals surface area contributed by atoms with Gasteiger partial charge < -0.3 is 9.64 Å². The summed E-state index contributed by atoms with van der Waals surface area (Å²) in [5.41, 5.74) is 0.601. The molecule has 24 heavy (non-hydrogen) atoms. The van der Waals surface area contributed by atoms with E-state index in [0.29, 0.717) is 10.7 Å². The first-order valence-corrected chi connectivity index (χ1v) is 9.34. The van der Waals surface area contributed by atoms with E-state index in [1.807, 2.05) is 12.1 Å². The van der Waals surface area contributed by atoms with E-state index < -0.39 is 0 Å². The largest absolute Gasteiger partial charge is 0.494 e. The van der Waals surface area contributed by atoms with Crippen molar-refractivity contribution in [3.63, 3.8) is 0 Å². The number of hydrogen-bond donors (Lipinski definition) is 1. The van der Waals surface area contributed by atoms with Gasteiger partial charge in [0.25, 0.3) is 5.91 Å². The second kappa shape index (κ2) is 9.62. The predicted octanol–water partition coefficient (Wildman–Crippen LogP) is 4.00. The molecule has 0 radical (unpaired) electrons. The molecule has 1 aliphatic rings. The van der Waals surface area contributed by atoms with Gasteiger partial charge in [-0.25, -0.2) is 0 Å². The third kappa shape index (κ3) is 5.78. The van der Waals surface area contributed by atoms with Gasteiger partial charge in [0, 0.05) is 18.7 Å². The number of thiocarbonyl (C=S) groups is 1. The molecule has 5 heteroatoms. The lowest BCUT2D eigenvalue weighted by Gasteiger charge is -2.32. The van der Waals surface area contributed by atoms with Crippen LogP contribution < -0.4 is 10.1 Å². The van der Waals surface area contributed by atoms with Crippen LogP contribution in [0.3, 0.4) is 0 Å². The average Bonchev–Trinajstić information content (AvgIpc) is 2.59. The van der Waals surface area contributed by atoms with Gasteiger partial charge in [-0.05, 0) is 61.7 Å². The summed E-state index contributed by atoms with van der Waals surface area (Å²) in [7, 11) is 0. The number of ether oxygens (including phenoxy) is 1. The summed E-state index contributed by atoms with van der Waals surface area (Å²) in [5, 5.41) is 3.37. The van der Waals surface area contributed by atoms with Gasteiger partial charge in [-0.15, -0.1) is 0 Å². The molecule has 0 spiro atoms. The quantitative estimate of drug-likeness (QED) is 0.623. The summed E-state index contributed by atoms with van der Waals surface area (Å²) in [6.45, 7) is 6.99. The molecule has 1 saturated heterocycles. The van der Waals surface area contributed by atoms with Crippen LogP contribution in [-0.2, 0) is 0 Å². The molecule has 0 aliphatic carbocycles. The van der Waals surface area contributed by atoms with Crippen LogP contribution in [0.25, 0.3) is 0 Å². The molecule has 1 amide bonds. The molecule has 0 atom stereocenters. The summed E-state index contributed by atoms with van der Waals surface area (Å²) in [6, 6.07) is 7.25. The van der Waals surface area contributed by atoms with Crippen LogP contribution in [0.1, 0.15) is 56.3 Å². The number of nitrogens with one attached hydrogen (secondary N) is 1. The number of likely N-dealkylation sites (tertiary alicyclic amines) is 1. The Kier molecular flexibility index (Phi) is 7.50. The minimum atomic E-state index is -0.156. The van der Waals surface area contributed by atoms with Crippen molar-refractivity contribution in [3.8, 4) is 5.75 Å². The Bertz CT molecular complexity index is 537. The van der Waals surface area contributed by atoms with Crippen molar-refractivity contribution in [2.24, 2.45) is 5.92 Å². The molecule has 1 aromatic carbocycles. The minimum absolute atomic E-state index is 0.156. The van der Waals surface area contributed by atoms with E-state index in [2.05, 4.69) is 24.1 Å². The predicted molar refractivity (Wildman–Crippen MR) is 101 cm³/mol. The zero-order chi connectivity index (χ0) is 17.4. The lowest BCUT2D eigenvalue weighted by Crippen LogP contribution is -2.46. The van der Waals surface area contributed by atoms with Crippen LogP contribution in [0, 0.1) is 5.92 Å². The van der Waals surface area contributed by atoms with Crippen LogP contribution in [-0.4, -0.2) is 35.6 Å². The topological polar surface area (TPSA) is 41.6 Å². The molecule has 1 fully saturated rings. The van der Waals surface area contributed by atoms with Gasteiger partial charge in [0.2, 0.25) is 0 Å². The zero-order valence-corrected chi connectivity index (χ0v) is 15.5. The van der Waals surface area contributed by atoms with Crippen LogP contribution in [0.4, 0.5) is 0 Å². The highest BCUT2D eigenvalue weighted by molar-refractivity contribution is 7.80. The molecule has 1 heterocycles. The summed E-state index contributed by atoms with van der Waals surface area (Å²) in [4.78, 5) is 14.4. The highest BCUT2D eigenvalue weighted by atomic mass is 32.1. The van der Waals surface area contributed by atoms with E-state index >= 15 is 0 Å². The van der Waals surface area contributed by atoms with Crippen molar-refractivity contribution in [1.29, 1.82) is 0 Å². The van der Waals surface area contributed by atoms with Gasteiger partial charge >= 0.3 is 0 Å². The van der Waals surface area contributed by atoms with Crippen molar-refractivity contribution < 1.29 is 9.53 Å². The molecular weight excluding hydrogens is 320 g/mol. The van der Waals surface area contributed by atoms with E-state index in [1.54, 1.807) is 12.1 Å². The Morgan fingerprint density at radius 3 is 2.54 bits per heavy atom. The maximum absolute atomic E-state index is 12.3. The van der Waals surface area contributed by atoms with E-state index in [-0.39, 0.29) is 5.91 Å². The number of nitrogens with zero attached hydrogens (tertiary/aromatic N) is 1. The molecule has 1 aromatic rings. The van der Waals surface area contributed by atoms with Gasteiger partial charge in [0.1, 0.15) is 5.75 Å². The second-order valence-corrected chi connectivity index (χ2v) is 6.90. The summed E-state index contributed by atoms with van der Waals surface area (Å²) < 4.78 is 5.66. The Morgan fingerprint density at radius 2 is 1.92 bits per heavy atom. The first-order valence-electron chi connectivity index (χ1n) is 8.93. The smallest absolute Gasteiger partial charge is 0.257 e. The van der Waals surface area contributed by atoms with Gasteiger partial charge in [0.15, 0.2) is 5.11 Å². The van der Waals surface area contributed by atoms with Crippen molar-refractivity contribution in [3.05, 3.63) is 29.8 Å². The first-order chi connectivity index (χ1) is 11.6. The highest BCUT2D eigenvalue weighted by Crippen LogP contribution is 2.16. The van der Waals surface area contributed by atoms with Gasteiger partial charge in [-0.3, -0.25) is 10.1 Å². The number of piperidine rings is 1. The molecule has 0 bridgehead atoms. The van der Waals surface area contributed by atoms with Crippen molar-refractivity contribution in [2.75, 3.05) is 19.7 Å². The summed E-state index contributed by atoms with van der Waals surface area (Å²) in [5.74, 6) is 1.39. The number of benzene rings is 1. The lowest BCUT2D eigenvalue weighted by atomic mass is 10.00. The fraction of sp³-hybridized carbons (Fsp3) is 0.579. The van der Waals surface area contributed by atoms with E-state index in [0.717, 1.165) is 50.6 Å². The molecule has 0 unspecified atom stereocenters. The Labute approximate surface area is 150 Å². The van der Waals surface area contributed by atoms with Crippen molar-refractivity contribution in [1.82, 2.24) is 10.2 Å². The number of amides is 1. The Morgan fingerprint density at radius 1 is 1.25 bits per heavy atom.